The van der Waals surface area contributed by atoms with E-state index in [1.54, 1.807) is 33.2 Å². The molecule has 31 heavy (non-hydrogen) atoms. The molecule has 0 spiro atoms. The number of guanidine groups is 1. The Morgan fingerprint density at radius 2 is 1.77 bits per heavy atom. The van der Waals surface area contributed by atoms with Gasteiger partial charge in [0.2, 0.25) is 5.91 Å². The van der Waals surface area contributed by atoms with Crippen LogP contribution in [0.4, 0.5) is 0 Å². The zero-order valence-corrected chi connectivity index (χ0v) is 22.0. The molecule has 1 aliphatic rings. The fraction of sp³-hybridized carbons (Fsp3) is 0.652. The van der Waals surface area contributed by atoms with Crippen LogP contribution in [0.1, 0.15) is 51.0 Å². The van der Waals surface area contributed by atoms with Gasteiger partial charge >= 0.3 is 0 Å². The van der Waals surface area contributed by atoms with Crippen LogP contribution in [-0.4, -0.2) is 64.7 Å². The number of benzene rings is 1. The van der Waals surface area contributed by atoms with Crippen LogP contribution in [0.3, 0.4) is 0 Å². The lowest BCUT2D eigenvalue weighted by molar-refractivity contribution is -0.128. The second-order valence-corrected chi connectivity index (χ2v) is 8.07. The SMILES string of the molecule is CCNC(=NCC1(c2ccc(OC)c(OC)c2)CCCCC1)NCCC(=O)N(C)C.I. The number of aliphatic imine (C=N–C) groups is 1. The molecule has 1 saturated carbocycles. The van der Waals surface area contributed by atoms with Gasteiger partial charge in [0.25, 0.3) is 0 Å². The zero-order valence-electron chi connectivity index (χ0n) is 19.6. The predicted molar refractivity (Wildman–Crippen MR) is 137 cm³/mol. The number of nitrogens with one attached hydrogen (secondary N) is 2. The molecule has 1 aromatic rings. The smallest absolute Gasteiger partial charge is 0.223 e. The maximum absolute atomic E-state index is 11.8. The Kier molecular flexibility index (Phi) is 12.0. The predicted octanol–water partition coefficient (Wildman–Crippen LogP) is 3.56. The van der Waals surface area contributed by atoms with E-state index in [2.05, 4.69) is 22.8 Å². The van der Waals surface area contributed by atoms with E-state index < -0.39 is 0 Å². The number of hydrogen-bond donors (Lipinski definition) is 2. The number of carbonyl (C=O) groups is 1. The molecule has 0 aliphatic heterocycles. The minimum Gasteiger partial charge on any atom is -0.493 e. The largest absolute Gasteiger partial charge is 0.493 e. The molecule has 0 heterocycles. The Balaban J connectivity index is 0.00000480. The van der Waals surface area contributed by atoms with Gasteiger partial charge in [-0.15, -0.1) is 24.0 Å². The van der Waals surface area contributed by atoms with Crippen molar-refractivity contribution >= 4 is 35.8 Å². The fourth-order valence-corrected chi connectivity index (χ4v) is 4.02. The first-order valence-corrected chi connectivity index (χ1v) is 10.9. The van der Waals surface area contributed by atoms with E-state index >= 15 is 0 Å². The molecule has 2 rings (SSSR count). The van der Waals surface area contributed by atoms with Gasteiger partial charge in [0, 0.05) is 39.0 Å². The Bertz CT molecular complexity index is 719. The summed E-state index contributed by atoms with van der Waals surface area (Å²) in [5.74, 6) is 2.37. The van der Waals surface area contributed by atoms with Crippen LogP contribution in [-0.2, 0) is 10.2 Å². The molecular formula is C23H39IN4O3. The first kappa shape index (κ1) is 27.3. The monoisotopic (exact) mass is 546 g/mol. The number of rotatable bonds is 9. The molecule has 0 atom stereocenters. The Morgan fingerprint density at radius 3 is 2.35 bits per heavy atom. The third kappa shape index (κ3) is 7.73. The van der Waals surface area contributed by atoms with Crippen molar-refractivity contribution in [3.63, 3.8) is 0 Å². The van der Waals surface area contributed by atoms with Crippen molar-refractivity contribution in [1.82, 2.24) is 15.5 Å². The van der Waals surface area contributed by atoms with E-state index in [0.717, 1.165) is 36.8 Å². The average molecular weight is 546 g/mol. The van der Waals surface area contributed by atoms with Gasteiger partial charge in [0.15, 0.2) is 17.5 Å². The molecule has 8 heteroatoms. The first-order valence-electron chi connectivity index (χ1n) is 10.9. The fourth-order valence-electron chi connectivity index (χ4n) is 4.02. The van der Waals surface area contributed by atoms with Crippen LogP contribution in [0.5, 0.6) is 11.5 Å². The number of methoxy groups -OCH3 is 2. The maximum Gasteiger partial charge on any atom is 0.223 e. The van der Waals surface area contributed by atoms with Crippen molar-refractivity contribution in [2.24, 2.45) is 4.99 Å². The lowest BCUT2D eigenvalue weighted by Gasteiger charge is -2.37. The van der Waals surface area contributed by atoms with Crippen molar-refractivity contribution in [2.45, 2.75) is 50.9 Å². The van der Waals surface area contributed by atoms with Crippen molar-refractivity contribution < 1.29 is 14.3 Å². The van der Waals surface area contributed by atoms with E-state index in [1.807, 2.05) is 13.0 Å². The minimum absolute atomic E-state index is 0. The molecule has 0 unspecified atom stereocenters. The van der Waals surface area contributed by atoms with E-state index in [1.165, 1.54) is 24.8 Å². The summed E-state index contributed by atoms with van der Waals surface area (Å²) in [7, 11) is 6.89. The molecule has 2 N–H and O–H groups in total. The molecule has 0 aromatic heterocycles. The quantitative estimate of drug-likeness (QED) is 0.282. The van der Waals surface area contributed by atoms with Crippen LogP contribution < -0.4 is 20.1 Å². The molecule has 0 bridgehead atoms. The zero-order chi connectivity index (χ0) is 22.0. The van der Waals surface area contributed by atoms with E-state index in [9.17, 15) is 4.79 Å². The summed E-state index contributed by atoms with van der Waals surface area (Å²) < 4.78 is 11.0. The summed E-state index contributed by atoms with van der Waals surface area (Å²) >= 11 is 0. The molecule has 0 radical (unpaired) electrons. The molecule has 0 saturated heterocycles. The van der Waals surface area contributed by atoms with Crippen molar-refractivity contribution in [1.29, 1.82) is 0 Å². The number of carbonyl (C=O) groups excluding carboxylic acids is 1. The van der Waals surface area contributed by atoms with Gasteiger partial charge in [0.1, 0.15) is 0 Å². The van der Waals surface area contributed by atoms with E-state index in [4.69, 9.17) is 14.5 Å². The average Bonchev–Trinajstić information content (AvgIpc) is 2.77. The highest BCUT2D eigenvalue weighted by Gasteiger charge is 2.34. The van der Waals surface area contributed by atoms with Crippen LogP contribution in [0.15, 0.2) is 23.2 Å². The summed E-state index contributed by atoms with van der Waals surface area (Å²) in [6, 6.07) is 6.25. The number of amides is 1. The summed E-state index contributed by atoms with van der Waals surface area (Å²) in [6.07, 6.45) is 6.31. The lowest BCUT2D eigenvalue weighted by Crippen LogP contribution is -2.41. The van der Waals surface area contributed by atoms with Gasteiger partial charge in [-0.05, 0) is 37.5 Å². The maximum atomic E-state index is 11.8. The Labute approximate surface area is 204 Å². The Morgan fingerprint density at radius 1 is 1.10 bits per heavy atom. The van der Waals surface area contributed by atoms with Crippen LogP contribution in [0.25, 0.3) is 0 Å². The van der Waals surface area contributed by atoms with Crippen molar-refractivity contribution in [3.05, 3.63) is 23.8 Å². The molecule has 1 aliphatic carbocycles. The normalized spacial score (nSPS) is 15.5. The first-order chi connectivity index (χ1) is 14.5. The van der Waals surface area contributed by atoms with Gasteiger partial charge in [-0.2, -0.15) is 0 Å². The summed E-state index contributed by atoms with van der Waals surface area (Å²) in [5, 5.41) is 6.61. The number of ether oxygens (including phenoxy) is 2. The molecule has 7 nitrogen and oxygen atoms in total. The number of halogens is 1. The van der Waals surface area contributed by atoms with Gasteiger partial charge < -0.3 is 25.0 Å². The van der Waals surface area contributed by atoms with Crippen LogP contribution in [0.2, 0.25) is 0 Å². The number of hydrogen-bond acceptors (Lipinski definition) is 4. The second-order valence-electron chi connectivity index (χ2n) is 8.07. The second kappa shape index (κ2) is 13.6. The van der Waals surface area contributed by atoms with Gasteiger partial charge in [-0.1, -0.05) is 25.3 Å². The lowest BCUT2D eigenvalue weighted by atomic mass is 9.69. The third-order valence-corrected chi connectivity index (χ3v) is 5.82. The molecule has 176 valence electrons. The van der Waals surface area contributed by atoms with E-state index in [-0.39, 0.29) is 35.3 Å². The molecule has 1 amide bonds. The molecule has 1 aromatic carbocycles. The highest BCUT2D eigenvalue weighted by Crippen LogP contribution is 2.42. The summed E-state index contributed by atoms with van der Waals surface area (Å²) in [6.45, 7) is 4.08. The van der Waals surface area contributed by atoms with E-state index in [0.29, 0.717) is 19.5 Å². The van der Waals surface area contributed by atoms with Crippen LogP contribution >= 0.6 is 24.0 Å². The van der Waals surface area contributed by atoms with Gasteiger partial charge in [0.05, 0.1) is 20.8 Å². The summed E-state index contributed by atoms with van der Waals surface area (Å²) in [4.78, 5) is 18.4. The van der Waals surface area contributed by atoms with Crippen molar-refractivity contribution in [3.8, 4) is 11.5 Å². The standard InChI is InChI=1S/C23H38N4O3.HI/c1-6-24-22(25-15-12-21(28)27(2)3)26-17-23(13-8-7-9-14-23)18-10-11-19(29-4)20(16-18)30-5;/h10-11,16H,6-9,12-15,17H2,1-5H3,(H2,24,25,26);1H. The summed E-state index contributed by atoms with van der Waals surface area (Å²) in [5.41, 5.74) is 1.24. The highest BCUT2D eigenvalue weighted by atomic mass is 127. The highest BCUT2D eigenvalue weighted by molar-refractivity contribution is 14.0. The van der Waals surface area contributed by atoms with Gasteiger partial charge in [-0.3, -0.25) is 9.79 Å². The molecule has 1 fully saturated rings. The Hall–Kier alpha value is -1.71. The van der Waals surface area contributed by atoms with Crippen molar-refractivity contribution in [2.75, 3.05) is 47.9 Å². The van der Waals surface area contributed by atoms with Crippen LogP contribution in [0, 0.1) is 0 Å². The number of nitrogens with zero attached hydrogens (tertiary/aromatic N) is 2. The topological polar surface area (TPSA) is 75.2 Å². The molecular weight excluding hydrogens is 507 g/mol. The minimum atomic E-state index is -0.0143. The van der Waals surface area contributed by atoms with Gasteiger partial charge in [-0.25, -0.2) is 0 Å². The third-order valence-electron chi connectivity index (χ3n) is 5.82.